The Morgan fingerprint density at radius 3 is 2.58 bits per heavy atom. The quantitative estimate of drug-likeness (QED) is 0.600. The van der Waals surface area contributed by atoms with Gasteiger partial charge in [-0.25, -0.2) is 4.79 Å². The van der Waals surface area contributed by atoms with Gasteiger partial charge in [0.1, 0.15) is 19.0 Å². The van der Waals surface area contributed by atoms with Gasteiger partial charge in [-0.15, -0.1) is 0 Å². The highest BCUT2D eigenvalue weighted by Gasteiger charge is 2.27. The Labute approximate surface area is 120 Å². The highest BCUT2D eigenvalue weighted by atomic mass is 127. The maximum Gasteiger partial charge on any atom is 0.411 e. The van der Waals surface area contributed by atoms with Crippen LogP contribution in [0.4, 0.5) is 13.2 Å². The van der Waals surface area contributed by atoms with Crippen LogP contribution in [0, 0.1) is 3.57 Å². The normalized spacial score (nSPS) is 11.4. The number of carboxylic acid groups (broad SMARTS) is 1. The Kier molecular flexibility index (Phi) is 5.85. The van der Waals surface area contributed by atoms with Crippen molar-refractivity contribution in [2.24, 2.45) is 0 Å². The van der Waals surface area contributed by atoms with Crippen molar-refractivity contribution in [2.75, 3.05) is 19.8 Å². The number of hydrogen-bond donors (Lipinski definition) is 1. The number of rotatable bonds is 6. The summed E-state index contributed by atoms with van der Waals surface area (Å²) >= 11 is 1.94. The maximum absolute atomic E-state index is 11.8. The van der Waals surface area contributed by atoms with Gasteiger partial charge in [-0.05, 0) is 40.8 Å². The molecule has 1 aromatic rings. The predicted octanol–water partition coefficient (Wildman–Crippen LogP) is 2.95. The third-order valence-corrected chi connectivity index (χ3v) is 2.82. The molecule has 0 aromatic heterocycles. The van der Waals surface area contributed by atoms with Crippen LogP contribution in [0.5, 0.6) is 5.75 Å². The molecule has 0 fully saturated rings. The Bertz CT molecular complexity index is 448. The fraction of sp³-hybridized carbons (Fsp3) is 0.364. The lowest BCUT2D eigenvalue weighted by molar-refractivity contribution is -0.175. The predicted molar refractivity (Wildman–Crippen MR) is 68.5 cm³/mol. The van der Waals surface area contributed by atoms with Crippen LogP contribution < -0.4 is 4.74 Å². The van der Waals surface area contributed by atoms with E-state index in [0.717, 1.165) is 0 Å². The molecule has 19 heavy (non-hydrogen) atoms. The first-order valence-corrected chi connectivity index (χ1v) is 6.17. The molecular formula is C11H10F3IO4. The zero-order chi connectivity index (χ0) is 14.5. The molecule has 0 spiro atoms. The van der Waals surface area contributed by atoms with Crippen LogP contribution in [0.1, 0.15) is 10.4 Å². The number of hydrogen-bond acceptors (Lipinski definition) is 3. The van der Waals surface area contributed by atoms with E-state index >= 15 is 0 Å². The molecule has 0 heterocycles. The molecule has 0 amide bonds. The van der Waals surface area contributed by atoms with Gasteiger partial charge in [0.2, 0.25) is 0 Å². The number of halogens is 4. The molecule has 0 aliphatic rings. The number of alkyl halides is 3. The summed E-state index contributed by atoms with van der Waals surface area (Å²) in [6, 6.07) is 4.28. The van der Waals surface area contributed by atoms with Gasteiger partial charge in [-0.1, -0.05) is 0 Å². The topological polar surface area (TPSA) is 55.8 Å². The first-order chi connectivity index (χ1) is 8.79. The number of carboxylic acids is 1. The van der Waals surface area contributed by atoms with Crippen LogP contribution in [0.2, 0.25) is 0 Å². The summed E-state index contributed by atoms with van der Waals surface area (Å²) in [7, 11) is 0. The molecule has 0 saturated carbocycles. The maximum atomic E-state index is 11.8. The van der Waals surface area contributed by atoms with E-state index in [4.69, 9.17) is 9.84 Å². The van der Waals surface area contributed by atoms with Crippen LogP contribution in [0.25, 0.3) is 0 Å². The van der Waals surface area contributed by atoms with Crippen LogP contribution in [0.15, 0.2) is 18.2 Å². The standard InChI is InChI=1S/C11H10F3IO4/c12-11(13,14)6-18-3-4-19-9-5-7(10(16)17)1-2-8(9)15/h1-2,5H,3-4,6H2,(H,16,17). The molecule has 4 nitrogen and oxygen atoms in total. The van der Waals surface area contributed by atoms with E-state index in [1.165, 1.54) is 12.1 Å². The molecule has 1 aromatic carbocycles. The molecule has 0 saturated heterocycles. The average molecular weight is 390 g/mol. The molecule has 106 valence electrons. The molecule has 0 radical (unpaired) electrons. The Hall–Kier alpha value is -1.03. The summed E-state index contributed by atoms with van der Waals surface area (Å²) in [5, 5.41) is 8.79. The van der Waals surface area contributed by atoms with Crippen molar-refractivity contribution in [2.45, 2.75) is 6.18 Å². The second-order valence-electron chi connectivity index (χ2n) is 3.47. The van der Waals surface area contributed by atoms with Crippen molar-refractivity contribution in [3.63, 3.8) is 0 Å². The van der Waals surface area contributed by atoms with Gasteiger partial charge >= 0.3 is 12.1 Å². The fourth-order valence-electron chi connectivity index (χ4n) is 1.15. The minimum Gasteiger partial charge on any atom is -0.490 e. The summed E-state index contributed by atoms with van der Waals surface area (Å²) in [4.78, 5) is 10.7. The van der Waals surface area contributed by atoms with Gasteiger partial charge in [0.25, 0.3) is 0 Å². The number of benzene rings is 1. The second-order valence-corrected chi connectivity index (χ2v) is 4.63. The van der Waals surface area contributed by atoms with Crippen molar-refractivity contribution in [3.05, 3.63) is 27.3 Å². The van der Waals surface area contributed by atoms with E-state index in [2.05, 4.69) is 4.74 Å². The SMILES string of the molecule is O=C(O)c1ccc(I)c(OCCOCC(F)(F)F)c1. The lowest BCUT2D eigenvalue weighted by Gasteiger charge is -2.10. The number of aromatic carboxylic acids is 1. The Morgan fingerprint density at radius 2 is 2.00 bits per heavy atom. The summed E-state index contributed by atoms with van der Waals surface area (Å²) in [5.74, 6) is -0.800. The molecule has 1 N–H and O–H groups in total. The van der Waals surface area contributed by atoms with Gasteiger partial charge in [-0.3, -0.25) is 0 Å². The van der Waals surface area contributed by atoms with E-state index in [-0.39, 0.29) is 18.8 Å². The third kappa shape index (κ3) is 6.10. The lowest BCUT2D eigenvalue weighted by Crippen LogP contribution is -2.19. The largest absolute Gasteiger partial charge is 0.490 e. The Balaban J connectivity index is 2.45. The lowest BCUT2D eigenvalue weighted by atomic mass is 10.2. The van der Waals surface area contributed by atoms with Crippen molar-refractivity contribution < 1.29 is 32.5 Å². The monoisotopic (exact) mass is 390 g/mol. The van der Waals surface area contributed by atoms with Gasteiger partial charge in [0, 0.05) is 0 Å². The van der Waals surface area contributed by atoms with E-state index in [9.17, 15) is 18.0 Å². The van der Waals surface area contributed by atoms with Gasteiger partial charge in [-0.2, -0.15) is 13.2 Å². The first-order valence-electron chi connectivity index (χ1n) is 5.10. The summed E-state index contributed by atoms with van der Waals surface area (Å²) in [5.41, 5.74) is 0.0478. The minimum absolute atomic E-state index is 0.0478. The summed E-state index contributed by atoms with van der Waals surface area (Å²) in [6.45, 7) is -1.65. The van der Waals surface area contributed by atoms with Crippen LogP contribution >= 0.6 is 22.6 Å². The average Bonchev–Trinajstić information content (AvgIpc) is 2.29. The van der Waals surface area contributed by atoms with Crippen molar-refractivity contribution >= 4 is 28.6 Å². The molecule has 0 aliphatic heterocycles. The minimum atomic E-state index is -4.36. The van der Waals surface area contributed by atoms with Crippen LogP contribution in [-0.2, 0) is 4.74 Å². The summed E-state index contributed by atoms with van der Waals surface area (Å²) < 4.78 is 45.6. The van der Waals surface area contributed by atoms with E-state index < -0.39 is 18.8 Å². The smallest absolute Gasteiger partial charge is 0.411 e. The van der Waals surface area contributed by atoms with Crippen molar-refractivity contribution in [3.8, 4) is 5.75 Å². The van der Waals surface area contributed by atoms with Gasteiger partial charge in [0.05, 0.1) is 15.7 Å². The van der Waals surface area contributed by atoms with Crippen molar-refractivity contribution in [1.29, 1.82) is 0 Å². The van der Waals surface area contributed by atoms with Crippen LogP contribution in [0.3, 0.4) is 0 Å². The van der Waals surface area contributed by atoms with E-state index in [1.807, 2.05) is 22.6 Å². The highest BCUT2D eigenvalue weighted by Crippen LogP contribution is 2.22. The van der Waals surface area contributed by atoms with E-state index in [1.54, 1.807) is 6.07 Å². The summed E-state index contributed by atoms with van der Waals surface area (Å²) in [6.07, 6.45) is -4.36. The fourth-order valence-corrected chi connectivity index (χ4v) is 1.64. The van der Waals surface area contributed by atoms with Gasteiger partial charge < -0.3 is 14.6 Å². The molecule has 8 heteroatoms. The highest BCUT2D eigenvalue weighted by molar-refractivity contribution is 14.1. The third-order valence-electron chi connectivity index (χ3n) is 1.93. The molecule has 0 bridgehead atoms. The zero-order valence-electron chi connectivity index (χ0n) is 9.54. The molecule has 0 aliphatic carbocycles. The van der Waals surface area contributed by atoms with Gasteiger partial charge in [0.15, 0.2) is 0 Å². The molecule has 0 atom stereocenters. The number of ether oxygens (including phenoxy) is 2. The Morgan fingerprint density at radius 1 is 1.32 bits per heavy atom. The molecule has 0 unspecified atom stereocenters. The molecule has 1 rings (SSSR count). The zero-order valence-corrected chi connectivity index (χ0v) is 11.7. The van der Waals surface area contributed by atoms with Crippen molar-refractivity contribution in [1.82, 2.24) is 0 Å². The second kappa shape index (κ2) is 6.94. The first kappa shape index (κ1) is 16.0. The molecular weight excluding hydrogens is 380 g/mol. The van der Waals surface area contributed by atoms with E-state index in [0.29, 0.717) is 9.32 Å². The number of carbonyl (C=O) groups is 1. The van der Waals surface area contributed by atoms with Crippen LogP contribution in [-0.4, -0.2) is 37.1 Å².